The summed E-state index contributed by atoms with van der Waals surface area (Å²) in [6, 6.07) is 0.353. The summed E-state index contributed by atoms with van der Waals surface area (Å²) in [7, 11) is 0. The molecule has 1 amide bonds. The molecule has 0 atom stereocenters. The van der Waals surface area contributed by atoms with Crippen LogP contribution in [0.15, 0.2) is 14.7 Å². The van der Waals surface area contributed by atoms with Gasteiger partial charge in [-0.15, -0.1) is 10.2 Å². The lowest BCUT2D eigenvalue weighted by Crippen LogP contribution is -2.43. The second kappa shape index (κ2) is 11.2. The fraction of sp³-hybridized carbons (Fsp3) is 0.696. The van der Waals surface area contributed by atoms with E-state index in [2.05, 4.69) is 19.7 Å². The molecule has 10 nitrogen and oxygen atoms in total. The number of amides is 1. The van der Waals surface area contributed by atoms with E-state index in [1.54, 1.807) is 0 Å². The van der Waals surface area contributed by atoms with Crippen LogP contribution >= 0.6 is 11.8 Å². The van der Waals surface area contributed by atoms with Crippen molar-refractivity contribution in [2.75, 3.05) is 22.9 Å². The molecular weight excluding hydrogens is 454 g/mol. The normalized spacial score (nSPS) is 14.8. The number of H-pyrrole nitrogens is 1. The van der Waals surface area contributed by atoms with Crippen molar-refractivity contribution in [3.63, 3.8) is 0 Å². The largest absolute Gasteiger partial charge is 0.383 e. The Morgan fingerprint density at radius 3 is 2.44 bits per heavy atom. The van der Waals surface area contributed by atoms with Crippen LogP contribution < -0.4 is 21.9 Å². The van der Waals surface area contributed by atoms with Crippen LogP contribution in [-0.4, -0.2) is 42.5 Å². The van der Waals surface area contributed by atoms with Crippen LogP contribution in [0.25, 0.3) is 0 Å². The van der Waals surface area contributed by atoms with Crippen LogP contribution in [0.4, 0.5) is 11.5 Å². The predicted octanol–water partition coefficient (Wildman–Crippen LogP) is 2.96. The Hall–Kier alpha value is -2.56. The van der Waals surface area contributed by atoms with E-state index in [4.69, 9.17) is 5.73 Å². The first kappa shape index (κ1) is 26.1. The first-order valence-electron chi connectivity index (χ1n) is 12.1. The molecule has 0 radical (unpaired) electrons. The number of nitrogens with one attached hydrogen (secondary N) is 1. The lowest BCUT2D eigenvalue weighted by Gasteiger charge is -2.27. The van der Waals surface area contributed by atoms with E-state index in [9.17, 15) is 14.4 Å². The molecule has 3 N–H and O–H groups in total. The van der Waals surface area contributed by atoms with Gasteiger partial charge in [0.05, 0.1) is 5.75 Å². The van der Waals surface area contributed by atoms with Gasteiger partial charge in [-0.05, 0) is 31.6 Å². The lowest BCUT2D eigenvalue weighted by molar-refractivity contribution is -0.116. The minimum absolute atomic E-state index is 0.0164. The summed E-state index contributed by atoms with van der Waals surface area (Å²) in [5.41, 5.74) is 5.11. The summed E-state index contributed by atoms with van der Waals surface area (Å²) in [6.45, 7) is 10.4. The Balaban J connectivity index is 1.89. The van der Waals surface area contributed by atoms with Gasteiger partial charge >= 0.3 is 5.69 Å². The lowest BCUT2D eigenvalue weighted by atomic mass is 9.95. The molecule has 0 aromatic carbocycles. The van der Waals surface area contributed by atoms with E-state index in [1.165, 1.54) is 40.5 Å². The molecule has 188 valence electrons. The highest BCUT2D eigenvalue weighted by Crippen LogP contribution is 2.32. The zero-order valence-electron chi connectivity index (χ0n) is 20.8. The van der Waals surface area contributed by atoms with Crippen molar-refractivity contribution >= 4 is 29.2 Å². The van der Waals surface area contributed by atoms with Crippen LogP contribution in [0.2, 0.25) is 0 Å². The van der Waals surface area contributed by atoms with E-state index in [-0.39, 0.29) is 35.0 Å². The van der Waals surface area contributed by atoms with Crippen molar-refractivity contribution in [1.82, 2.24) is 24.3 Å². The highest BCUT2D eigenvalue weighted by atomic mass is 32.2. The summed E-state index contributed by atoms with van der Waals surface area (Å²) in [5.74, 6) is 0.913. The van der Waals surface area contributed by atoms with E-state index in [1.807, 2.05) is 34.6 Å². The van der Waals surface area contributed by atoms with Crippen LogP contribution in [0.3, 0.4) is 0 Å². The number of carbonyl (C=O) groups is 1. The maximum atomic E-state index is 13.4. The van der Waals surface area contributed by atoms with Crippen LogP contribution in [0.5, 0.6) is 0 Å². The summed E-state index contributed by atoms with van der Waals surface area (Å²) in [5, 5.41) is 9.29. The summed E-state index contributed by atoms with van der Waals surface area (Å²) < 4.78 is 3.48. The van der Waals surface area contributed by atoms with Gasteiger partial charge in [0, 0.05) is 19.1 Å². The van der Waals surface area contributed by atoms with Gasteiger partial charge in [-0.25, -0.2) is 4.79 Å². The molecule has 0 spiro atoms. The first-order chi connectivity index (χ1) is 16.1. The molecule has 2 aromatic heterocycles. The topological polar surface area (TPSA) is 132 Å². The monoisotopic (exact) mass is 491 g/mol. The number of thioether (sulfide) groups is 1. The molecule has 34 heavy (non-hydrogen) atoms. The summed E-state index contributed by atoms with van der Waals surface area (Å²) in [6.07, 6.45) is 5.79. The summed E-state index contributed by atoms with van der Waals surface area (Å²) >= 11 is 1.33. The van der Waals surface area contributed by atoms with E-state index in [0.717, 1.165) is 18.7 Å². The van der Waals surface area contributed by atoms with Crippen molar-refractivity contribution in [2.45, 2.75) is 84.5 Å². The van der Waals surface area contributed by atoms with Crippen LogP contribution in [0.1, 0.15) is 71.7 Å². The Morgan fingerprint density at radius 1 is 1.15 bits per heavy atom. The second-order valence-electron chi connectivity index (χ2n) is 9.88. The predicted molar refractivity (Wildman–Crippen MR) is 135 cm³/mol. The van der Waals surface area contributed by atoms with Gasteiger partial charge < -0.3 is 15.2 Å². The Bertz CT molecular complexity index is 1110. The number of aromatic nitrogens is 5. The Labute approximate surface area is 204 Å². The number of hydrogen-bond donors (Lipinski definition) is 2. The van der Waals surface area contributed by atoms with E-state index < -0.39 is 11.2 Å². The Morgan fingerprint density at radius 2 is 1.82 bits per heavy atom. The van der Waals surface area contributed by atoms with Gasteiger partial charge in [-0.1, -0.05) is 58.7 Å². The molecule has 1 aliphatic carbocycles. The molecule has 2 aromatic rings. The van der Waals surface area contributed by atoms with Gasteiger partial charge in [0.1, 0.15) is 11.6 Å². The van der Waals surface area contributed by atoms with Gasteiger partial charge in [-0.2, -0.15) is 0 Å². The zero-order valence-corrected chi connectivity index (χ0v) is 21.7. The number of aromatic amines is 1. The van der Waals surface area contributed by atoms with Crippen LogP contribution in [0, 0.1) is 18.8 Å². The van der Waals surface area contributed by atoms with E-state index >= 15 is 0 Å². The molecule has 1 fully saturated rings. The van der Waals surface area contributed by atoms with Gasteiger partial charge in [0.15, 0.2) is 10.8 Å². The number of rotatable bonds is 9. The van der Waals surface area contributed by atoms with Crippen molar-refractivity contribution in [2.24, 2.45) is 11.8 Å². The van der Waals surface area contributed by atoms with Crippen molar-refractivity contribution in [3.05, 3.63) is 26.7 Å². The quantitative estimate of drug-likeness (QED) is 0.515. The minimum atomic E-state index is -0.650. The SMILES string of the molecule is Cc1nnc(SCC(=O)N(CC(C)C)c2c(N)n(CC(C)C)c(=O)[nH]c2=O)n1C1CCCCC1. The highest BCUT2D eigenvalue weighted by molar-refractivity contribution is 7.99. The van der Waals surface area contributed by atoms with Gasteiger partial charge in [0.2, 0.25) is 5.91 Å². The van der Waals surface area contributed by atoms with Gasteiger partial charge in [0.25, 0.3) is 5.56 Å². The second-order valence-corrected chi connectivity index (χ2v) is 10.8. The van der Waals surface area contributed by atoms with Crippen molar-refractivity contribution < 1.29 is 4.79 Å². The summed E-state index contributed by atoms with van der Waals surface area (Å²) in [4.78, 5) is 42.3. The molecule has 11 heteroatoms. The molecule has 0 bridgehead atoms. The minimum Gasteiger partial charge on any atom is -0.383 e. The number of hydrogen-bond acceptors (Lipinski definition) is 7. The van der Waals surface area contributed by atoms with E-state index in [0.29, 0.717) is 24.3 Å². The molecule has 0 aliphatic heterocycles. The fourth-order valence-corrected chi connectivity index (χ4v) is 5.41. The Kier molecular flexibility index (Phi) is 8.62. The molecule has 2 heterocycles. The number of aryl methyl sites for hydroxylation is 1. The molecule has 1 aliphatic rings. The average molecular weight is 492 g/mol. The standard InChI is InChI=1S/C23H37N7O3S/c1-14(2)11-28(19-20(24)29(12-15(3)4)22(33)25-21(19)32)18(31)13-34-23-27-26-16(5)30(23)17-9-7-6-8-10-17/h14-15,17H,6-13,24H2,1-5H3,(H,25,32,33). The number of nitrogens with zero attached hydrogens (tertiary/aromatic N) is 5. The number of nitrogen functional groups attached to an aromatic ring is 1. The molecular formula is C23H37N7O3S. The molecule has 3 rings (SSSR count). The zero-order chi connectivity index (χ0) is 25.0. The smallest absolute Gasteiger partial charge is 0.330 e. The van der Waals surface area contributed by atoms with Crippen molar-refractivity contribution in [1.29, 1.82) is 0 Å². The number of nitrogens with two attached hydrogens (primary N) is 1. The highest BCUT2D eigenvalue weighted by Gasteiger charge is 2.27. The molecule has 0 unspecified atom stereocenters. The van der Waals surface area contributed by atoms with Crippen LogP contribution in [-0.2, 0) is 11.3 Å². The fourth-order valence-electron chi connectivity index (χ4n) is 4.48. The number of anilines is 2. The maximum absolute atomic E-state index is 13.4. The van der Waals surface area contributed by atoms with Crippen molar-refractivity contribution in [3.8, 4) is 0 Å². The maximum Gasteiger partial charge on any atom is 0.330 e. The third-order valence-electron chi connectivity index (χ3n) is 5.98. The average Bonchev–Trinajstić information content (AvgIpc) is 3.14. The molecule has 0 saturated heterocycles. The third-order valence-corrected chi connectivity index (χ3v) is 6.91. The third kappa shape index (κ3) is 5.92. The first-order valence-corrected chi connectivity index (χ1v) is 13.1. The van der Waals surface area contributed by atoms with Gasteiger partial charge in [-0.3, -0.25) is 19.1 Å². The number of carbonyl (C=O) groups excluding carboxylic acids is 1. The molecule has 1 saturated carbocycles.